The molecule has 1 aliphatic carbocycles. The van der Waals surface area contributed by atoms with E-state index >= 15 is 0 Å². The quantitative estimate of drug-likeness (QED) is 0.692. The van der Waals surface area contributed by atoms with Crippen LogP contribution in [0.2, 0.25) is 0 Å². The lowest BCUT2D eigenvalue weighted by molar-refractivity contribution is 0.504. The van der Waals surface area contributed by atoms with Gasteiger partial charge in [-0.25, -0.2) is 0 Å². The molecule has 1 saturated carbocycles. The van der Waals surface area contributed by atoms with Crippen molar-refractivity contribution < 1.29 is 4.21 Å². The molecular formula is C10H21NOS. The van der Waals surface area contributed by atoms with E-state index in [9.17, 15) is 4.21 Å². The van der Waals surface area contributed by atoms with Gasteiger partial charge in [-0.15, -0.1) is 0 Å². The third-order valence-electron chi connectivity index (χ3n) is 2.72. The smallest absolute Gasteiger partial charge is 0.0348 e. The molecule has 13 heavy (non-hydrogen) atoms. The van der Waals surface area contributed by atoms with Crippen molar-refractivity contribution in [2.45, 2.75) is 50.2 Å². The highest BCUT2D eigenvalue weighted by Crippen LogP contribution is 2.22. The molecule has 1 fully saturated rings. The third kappa shape index (κ3) is 4.23. The minimum atomic E-state index is -0.564. The summed E-state index contributed by atoms with van der Waals surface area (Å²) < 4.78 is 11.7. The van der Waals surface area contributed by atoms with E-state index in [4.69, 9.17) is 5.73 Å². The molecule has 0 saturated heterocycles. The number of hydrogen-bond donors (Lipinski definition) is 1. The van der Waals surface area contributed by atoms with Gasteiger partial charge in [0.1, 0.15) is 0 Å². The lowest BCUT2D eigenvalue weighted by Crippen LogP contribution is -2.21. The van der Waals surface area contributed by atoms with E-state index in [1.807, 2.05) is 0 Å². The van der Waals surface area contributed by atoms with Crippen molar-refractivity contribution >= 4 is 10.8 Å². The molecule has 0 bridgehead atoms. The second-order valence-electron chi connectivity index (χ2n) is 3.84. The van der Waals surface area contributed by atoms with Crippen LogP contribution < -0.4 is 5.73 Å². The lowest BCUT2D eigenvalue weighted by atomic mass is 10.0. The highest BCUT2D eigenvalue weighted by molar-refractivity contribution is 7.85. The van der Waals surface area contributed by atoms with E-state index in [0.29, 0.717) is 5.25 Å². The van der Waals surface area contributed by atoms with Gasteiger partial charge in [0.15, 0.2) is 0 Å². The average Bonchev–Trinajstić information content (AvgIpc) is 2.19. The molecule has 2 nitrogen and oxygen atoms in total. The predicted octanol–water partition coefficient (Wildman–Crippen LogP) is 1.81. The van der Waals surface area contributed by atoms with Gasteiger partial charge in [0.2, 0.25) is 0 Å². The third-order valence-corrected chi connectivity index (χ3v) is 4.63. The molecule has 1 aliphatic rings. The second-order valence-corrected chi connectivity index (χ2v) is 5.68. The Labute approximate surface area is 83.7 Å². The van der Waals surface area contributed by atoms with Crippen LogP contribution >= 0.6 is 0 Å². The Hall–Kier alpha value is 0.110. The van der Waals surface area contributed by atoms with E-state index in [1.165, 1.54) is 32.1 Å². The topological polar surface area (TPSA) is 43.1 Å². The molecule has 0 radical (unpaired) electrons. The fourth-order valence-electron chi connectivity index (χ4n) is 1.88. The molecule has 0 aromatic heterocycles. The van der Waals surface area contributed by atoms with Crippen molar-refractivity contribution in [1.29, 1.82) is 0 Å². The first-order chi connectivity index (χ1) is 6.34. The molecule has 1 rings (SSSR count). The van der Waals surface area contributed by atoms with Crippen LogP contribution in [0.3, 0.4) is 0 Å². The highest BCUT2D eigenvalue weighted by Gasteiger charge is 2.18. The van der Waals surface area contributed by atoms with Crippen LogP contribution in [0.25, 0.3) is 0 Å². The number of hydrogen-bond acceptors (Lipinski definition) is 2. The van der Waals surface area contributed by atoms with Crippen LogP contribution in [0.5, 0.6) is 0 Å². The van der Waals surface area contributed by atoms with E-state index < -0.39 is 10.8 Å². The summed E-state index contributed by atoms with van der Waals surface area (Å²) >= 11 is 0. The van der Waals surface area contributed by atoms with Crippen molar-refractivity contribution in [2.75, 3.05) is 12.3 Å². The molecular weight excluding hydrogens is 182 g/mol. The summed E-state index contributed by atoms with van der Waals surface area (Å²) in [6.07, 6.45) is 8.36. The molecule has 1 unspecified atom stereocenters. The van der Waals surface area contributed by atoms with Gasteiger partial charge in [0.25, 0.3) is 0 Å². The maximum Gasteiger partial charge on any atom is 0.0348 e. The van der Waals surface area contributed by atoms with Gasteiger partial charge in [-0.2, -0.15) is 0 Å². The summed E-state index contributed by atoms with van der Waals surface area (Å²) in [6, 6.07) is 0. The van der Waals surface area contributed by atoms with Crippen molar-refractivity contribution in [3.8, 4) is 0 Å². The van der Waals surface area contributed by atoms with E-state index in [0.717, 1.165) is 25.1 Å². The average molecular weight is 203 g/mol. The molecule has 3 heteroatoms. The van der Waals surface area contributed by atoms with Gasteiger partial charge in [0.05, 0.1) is 0 Å². The van der Waals surface area contributed by atoms with Crippen molar-refractivity contribution in [3.05, 3.63) is 0 Å². The van der Waals surface area contributed by atoms with Crippen molar-refractivity contribution in [1.82, 2.24) is 0 Å². The van der Waals surface area contributed by atoms with Crippen LogP contribution in [-0.2, 0) is 10.8 Å². The fourth-order valence-corrected chi connectivity index (χ4v) is 3.56. The molecule has 0 amide bonds. The summed E-state index contributed by atoms with van der Waals surface area (Å²) in [5.41, 5.74) is 5.39. The molecule has 0 aromatic carbocycles. The van der Waals surface area contributed by atoms with Gasteiger partial charge in [-0.05, 0) is 32.2 Å². The molecule has 0 heterocycles. The summed E-state index contributed by atoms with van der Waals surface area (Å²) in [5, 5.41) is 0.506. The Kier molecular flexibility index (Phi) is 5.63. The first-order valence-electron chi connectivity index (χ1n) is 5.42. The summed E-state index contributed by atoms with van der Waals surface area (Å²) in [7, 11) is -0.564. The summed E-state index contributed by atoms with van der Waals surface area (Å²) in [5.74, 6) is 0.877. The summed E-state index contributed by atoms with van der Waals surface area (Å²) in [6.45, 7) is 0.738. The Morgan fingerprint density at radius 3 is 2.46 bits per heavy atom. The molecule has 0 aliphatic heterocycles. The minimum Gasteiger partial charge on any atom is -0.330 e. The van der Waals surface area contributed by atoms with Gasteiger partial charge < -0.3 is 5.73 Å². The zero-order chi connectivity index (χ0) is 9.52. The van der Waals surface area contributed by atoms with Gasteiger partial charge in [0, 0.05) is 21.8 Å². The Morgan fingerprint density at radius 2 is 1.85 bits per heavy atom. The zero-order valence-corrected chi connectivity index (χ0v) is 9.15. The molecule has 78 valence electrons. The lowest BCUT2D eigenvalue weighted by Gasteiger charge is -2.20. The monoisotopic (exact) mass is 203 g/mol. The zero-order valence-electron chi connectivity index (χ0n) is 8.34. The van der Waals surface area contributed by atoms with Gasteiger partial charge in [-0.3, -0.25) is 4.21 Å². The Morgan fingerprint density at radius 1 is 1.15 bits per heavy atom. The van der Waals surface area contributed by atoms with Crippen LogP contribution in [0.4, 0.5) is 0 Å². The number of nitrogens with two attached hydrogens (primary N) is 1. The van der Waals surface area contributed by atoms with Crippen LogP contribution in [-0.4, -0.2) is 21.8 Å². The molecule has 1 atom stereocenters. The molecule has 2 N–H and O–H groups in total. The van der Waals surface area contributed by atoms with E-state index in [2.05, 4.69) is 0 Å². The summed E-state index contributed by atoms with van der Waals surface area (Å²) in [4.78, 5) is 0. The number of unbranched alkanes of at least 4 members (excludes halogenated alkanes) is 1. The van der Waals surface area contributed by atoms with Crippen molar-refractivity contribution in [2.24, 2.45) is 5.73 Å². The van der Waals surface area contributed by atoms with Crippen LogP contribution in [0.1, 0.15) is 44.9 Å². The molecule has 0 aromatic rings. The maximum atomic E-state index is 11.7. The minimum absolute atomic E-state index is 0.506. The van der Waals surface area contributed by atoms with Crippen LogP contribution in [0.15, 0.2) is 0 Å². The van der Waals surface area contributed by atoms with E-state index in [-0.39, 0.29) is 0 Å². The SMILES string of the molecule is NCCCCS(=O)C1CCCCC1. The van der Waals surface area contributed by atoms with Gasteiger partial charge >= 0.3 is 0 Å². The van der Waals surface area contributed by atoms with E-state index in [1.54, 1.807) is 0 Å². The standard InChI is InChI=1S/C10H21NOS/c11-8-4-5-9-13(12)10-6-2-1-3-7-10/h10H,1-9,11H2. The van der Waals surface area contributed by atoms with Gasteiger partial charge in [-0.1, -0.05) is 19.3 Å². The first-order valence-corrected chi connectivity index (χ1v) is 6.80. The Bertz CT molecular complexity index is 155. The normalized spacial score (nSPS) is 21.6. The van der Waals surface area contributed by atoms with Crippen LogP contribution in [0, 0.1) is 0 Å². The molecule has 0 spiro atoms. The van der Waals surface area contributed by atoms with Crippen molar-refractivity contribution in [3.63, 3.8) is 0 Å². The Balaban J connectivity index is 2.13. The maximum absolute atomic E-state index is 11.7. The first kappa shape index (κ1) is 11.2. The second kappa shape index (κ2) is 6.55. The highest BCUT2D eigenvalue weighted by atomic mass is 32.2. The predicted molar refractivity (Wildman–Crippen MR) is 58.2 cm³/mol. The fraction of sp³-hybridized carbons (Fsp3) is 1.00. The largest absolute Gasteiger partial charge is 0.330 e. The number of rotatable bonds is 5.